The zero-order valence-corrected chi connectivity index (χ0v) is 44.8. The van der Waals surface area contributed by atoms with Crippen molar-refractivity contribution in [2.24, 2.45) is 0 Å². The lowest BCUT2D eigenvalue weighted by molar-refractivity contribution is -0.298. The van der Waals surface area contributed by atoms with Crippen molar-refractivity contribution in [2.75, 3.05) is 13.2 Å². The number of esters is 2. The fourth-order valence-corrected chi connectivity index (χ4v) is 8.91. The van der Waals surface area contributed by atoms with Crippen molar-refractivity contribution in [3.63, 3.8) is 0 Å². The van der Waals surface area contributed by atoms with Gasteiger partial charge in [-0.05, 0) is 70.6 Å². The third-order valence-electron chi connectivity index (χ3n) is 13.5. The molecular formula is C59H106O11. The first-order valence-electron chi connectivity index (χ1n) is 29.0. The lowest BCUT2D eigenvalue weighted by Gasteiger charge is -2.38. The van der Waals surface area contributed by atoms with Crippen LogP contribution in [-0.4, -0.2) is 88.4 Å². The predicted molar refractivity (Wildman–Crippen MR) is 285 cm³/mol. The smallest absolute Gasteiger partial charge is 0.335 e. The van der Waals surface area contributed by atoms with Gasteiger partial charge in [0.25, 0.3) is 0 Å². The van der Waals surface area contributed by atoms with Crippen molar-refractivity contribution in [3.8, 4) is 0 Å². The Balaban J connectivity index is 2.24. The van der Waals surface area contributed by atoms with Gasteiger partial charge in [-0.1, -0.05) is 224 Å². The number of allylic oxidation sites excluding steroid dienone is 6. The number of carbonyl (C=O) groups is 3. The van der Waals surface area contributed by atoms with Gasteiger partial charge in [-0.2, -0.15) is 0 Å². The molecule has 11 heteroatoms. The maximum Gasteiger partial charge on any atom is 0.335 e. The van der Waals surface area contributed by atoms with Crippen LogP contribution < -0.4 is 0 Å². The van der Waals surface area contributed by atoms with Gasteiger partial charge in [0.05, 0.1) is 6.61 Å². The van der Waals surface area contributed by atoms with Gasteiger partial charge in [0.1, 0.15) is 24.9 Å². The van der Waals surface area contributed by atoms with Crippen LogP contribution in [0.25, 0.3) is 0 Å². The number of carboxylic acids is 1. The summed E-state index contributed by atoms with van der Waals surface area (Å²) in [4.78, 5) is 37.1. The second-order valence-electron chi connectivity index (χ2n) is 20.1. The molecule has 1 rings (SSSR count). The molecule has 1 aliphatic heterocycles. The zero-order chi connectivity index (χ0) is 51.0. The van der Waals surface area contributed by atoms with Crippen LogP contribution in [0.5, 0.6) is 0 Å². The Morgan fingerprint density at radius 3 is 1.20 bits per heavy atom. The third-order valence-corrected chi connectivity index (χ3v) is 13.5. The van der Waals surface area contributed by atoms with Crippen LogP contribution in [0.4, 0.5) is 0 Å². The average molecular weight is 991 g/mol. The minimum atomic E-state index is -1.86. The molecule has 6 atom stereocenters. The molecular weight excluding hydrogens is 885 g/mol. The number of rotatable bonds is 50. The number of aliphatic hydroxyl groups is 3. The highest BCUT2D eigenvalue weighted by molar-refractivity contribution is 5.73. The van der Waals surface area contributed by atoms with E-state index in [1.54, 1.807) is 0 Å². The molecule has 1 saturated heterocycles. The van der Waals surface area contributed by atoms with Crippen LogP contribution in [0.3, 0.4) is 0 Å². The first-order valence-corrected chi connectivity index (χ1v) is 29.0. The number of hydrogen-bond acceptors (Lipinski definition) is 10. The van der Waals surface area contributed by atoms with Gasteiger partial charge in [-0.25, -0.2) is 4.79 Å². The number of carboxylic acid groups (broad SMARTS) is 1. The molecule has 0 bridgehead atoms. The first kappa shape index (κ1) is 65.4. The highest BCUT2D eigenvalue weighted by atomic mass is 16.7. The van der Waals surface area contributed by atoms with Crippen molar-refractivity contribution in [1.82, 2.24) is 0 Å². The molecule has 0 saturated carbocycles. The quantitative estimate of drug-likeness (QED) is 0.0260. The molecule has 0 spiro atoms. The molecule has 0 aromatic rings. The van der Waals surface area contributed by atoms with E-state index < -0.39 is 54.7 Å². The van der Waals surface area contributed by atoms with Gasteiger partial charge in [0, 0.05) is 12.8 Å². The van der Waals surface area contributed by atoms with E-state index in [9.17, 15) is 34.8 Å². The first-order chi connectivity index (χ1) is 34.2. The summed E-state index contributed by atoms with van der Waals surface area (Å²) in [5.41, 5.74) is 0. The van der Waals surface area contributed by atoms with Crippen LogP contribution in [0.15, 0.2) is 36.5 Å². The lowest BCUT2D eigenvalue weighted by atomic mass is 9.99. The Labute approximate surface area is 427 Å². The largest absolute Gasteiger partial charge is 0.479 e. The van der Waals surface area contributed by atoms with Gasteiger partial charge in [-0.3, -0.25) is 9.59 Å². The van der Waals surface area contributed by atoms with Crippen LogP contribution in [0.1, 0.15) is 271 Å². The molecule has 6 unspecified atom stereocenters. The van der Waals surface area contributed by atoms with Gasteiger partial charge in [0.2, 0.25) is 0 Å². The van der Waals surface area contributed by atoms with E-state index in [-0.39, 0.29) is 26.1 Å². The van der Waals surface area contributed by atoms with Crippen molar-refractivity contribution in [1.29, 1.82) is 0 Å². The van der Waals surface area contributed by atoms with E-state index in [4.69, 9.17) is 18.9 Å². The number of hydrogen-bond donors (Lipinski definition) is 4. The summed E-state index contributed by atoms with van der Waals surface area (Å²) in [7, 11) is 0. The minimum Gasteiger partial charge on any atom is -0.479 e. The van der Waals surface area contributed by atoms with Crippen molar-refractivity contribution in [3.05, 3.63) is 36.5 Å². The topological polar surface area (TPSA) is 169 Å². The summed E-state index contributed by atoms with van der Waals surface area (Å²) in [6.45, 7) is 3.85. The lowest BCUT2D eigenvalue weighted by Crippen LogP contribution is -2.60. The predicted octanol–water partition coefficient (Wildman–Crippen LogP) is 14.7. The number of unbranched alkanes of at least 4 members (excludes halogenated alkanes) is 33. The summed E-state index contributed by atoms with van der Waals surface area (Å²) in [5, 5.41) is 40.1. The Bertz CT molecular complexity index is 1300. The fraction of sp³-hybridized carbons (Fsp3) is 0.847. The Kier molecular flexibility index (Phi) is 45.5. The summed E-state index contributed by atoms with van der Waals surface area (Å²) >= 11 is 0. The minimum absolute atomic E-state index is 0.183. The van der Waals surface area contributed by atoms with E-state index in [1.807, 2.05) is 0 Å². The van der Waals surface area contributed by atoms with E-state index in [2.05, 4.69) is 50.3 Å². The highest BCUT2D eigenvalue weighted by Gasteiger charge is 2.47. The molecule has 70 heavy (non-hydrogen) atoms. The molecule has 1 aliphatic rings. The maximum absolute atomic E-state index is 12.9. The molecule has 408 valence electrons. The molecule has 0 aromatic heterocycles. The zero-order valence-electron chi connectivity index (χ0n) is 44.8. The van der Waals surface area contributed by atoms with Gasteiger partial charge in [-0.15, -0.1) is 0 Å². The van der Waals surface area contributed by atoms with Crippen LogP contribution >= 0.6 is 0 Å². The molecule has 0 amide bonds. The number of aliphatic carboxylic acids is 1. The Hall–Kier alpha value is -2.57. The van der Waals surface area contributed by atoms with Crippen LogP contribution in [-0.2, 0) is 33.3 Å². The second-order valence-corrected chi connectivity index (χ2v) is 20.1. The van der Waals surface area contributed by atoms with E-state index in [0.717, 1.165) is 51.4 Å². The van der Waals surface area contributed by atoms with E-state index in [0.29, 0.717) is 12.8 Å². The van der Waals surface area contributed by atoms with Gasteiger partial charge < -0.3 is 39.4 Å². The van der Waals surface area contributed by atoms with Crippen molar-refractivity contribution < 1.29 is 53.8 Å². The van der Waals surface area contributed by atoms with Crippen LogP contribution in [0, 0.1) is 0 Å². The molecule has 1 fully saturated rings. The van der Waals surface area contributed by atoms with Crippen LogP contribution in [0.2, 0.25) is 0 Å². The summed E-state index contributed by atoms with van der Waals surface area (Å²) in [5.74, 6) is -2.44. The molecule has 1 heterocycles. The van der Waals surface area contributed by atoms with Crippen molar-refractivity contribution >= 4 is 17.9 Å². The van der Waals surface area contributed by atoms with Gasteiger partial charge in [0.15, 0.2) is 18.5 Å². The number of carbonyl (C=O) groups excluding carboxylic acids is 2. The monoisotopic (exact) mass is 991 g/mol. The number of aliphatic hydroxyl groups excluding tert-OH is 3. The maximum atomic E-state index is 12.9. The fourth-order valence-electron chi connectivity index (χ4n) is 8.91. The summed E-state index contributed by atoms with van der Waals surface area (Å²) < 4.78 is 21.9. The molecule has 0 aromatic carbocycles. The molecule has 0 radical (unpaired) electrons. The van der Waals surface area contributed by atoms with E-state index >= 15 is 0 Å². The second kappa shape index (κ2) is 48.7. The van der Waals surface area contributed by atoms with Gasteiger partial charge >= 0.3 is 17.9 Å². The highest BCUT2D eigenvalue weighted by Crippen LogP contribution is 2.23. The average Bonchev–Trinajstić information content (AvgIpc) is 3.35. The number of ether oxygens (including phenoxy) is 4. The SMILES string of the molecule is CCCCCCC/C=C\C/C=C\CCCCCCCCCCCC(=O)OCC(COC1OC(C(=O)O)C(O)C(O)C1O)OC(=O)CCCCCCCCCCCCC/C=C\CCCCCCCCCC. The molecule has 11 nitrogen and oxygen atoms in total. The Morgan fingerprint density at radius 2 is 0.800 bits per heavy atom. The van der Waals surface area contributed by atoms with Crippen molar-refractivity contribution in [2.45, 2.75) is 307 Å². The summed E-state index contributed by atoms with van der Waals surface area (Å²) in [6.07, 6.45) is 50.5. The molecule has 4 N–H and O–H groups in total. The third kappa shape index (κ3) is 39.0. The normalized spacial score (nSPS) is 18.9. The summed E-state index contributed by atoms with van der Waals surface area (Å²) in [6, 6.07) is 0. The van der Waals surface area contributed by atoms with E-state index in [1.165, 1.54) is 180 Å². The Morgan fingerprint density at radius 1 is 0.443 bits per heavy atom. The molecule has 0 aliphatic carbocycles. The standard InChI is InChI=1S/C59H106O11/c1-3-5-7-9-11-13-15-17-19-21-23-25-26-28-30-32-34-36-38-40-42-44-46-48-53(61)69-51(50-68-59-56(64)54(62)55(63)57(70-59)58(65)66)49-67-52(60)47-45-43-41-39-37-35-33-31-29-27-24-22-20-18-16-14-12-10-8-6-4-2/h16,18,21-24,51,54-57,59,62-64H,3-15,17,19-20,25-50H2,1-2H3,(H,65,66)/b18-16-,23-21-,24-22-.